The third-order valence-electron chi connectivity index (χ3n) is 5.58. The molecule has 0 aliphatic rings. The lowest BCUT2D eigenvalue weighted by molar-refractivity contribution is -0.120. The maximum atomic E-state index is 13.1. The van der Waals surface area contributed by atoms with Gasteiger partial charge in [-0.25, -0.2) is 4.79 Å². The van der Waals surface area contributed by atoms with E-state index in [1.165, 1.54) is 7.11 Å². The van der Waals surface area contributed by atoms with Gasteiger partial charge in [0.1, 0.15) is 11.4 Å². The molecule has 2 heterocycles. The number of carbonyl (C=O) groups is 2. The number of methoxy groups -OCH3 is 1. The molecule has 0 spiro atoms. The lowest BCUT2D eigenvalue weighted by Crippen LogP contribution is -2.33. The topological polar surface area (TPSA) is 112 Å². The average molecular weight is 541 g/mol. The highest BCUT2D eigenvalue weighted by atomic mass is 35.5. The molecule has 0 radical (unpaired) electrons. The van der Waals surface area contributed by atoms with Crippen LogP contribution in [0.25, 0.3) is 0 Å². The van der Waals surface area contributed by atoms with E-state index in [-0.39, 0.29) is 36.5 Å². The minimum absolute atomic E-state index is 0.154. The number of nitrogens with one attached hydrogen (secondary N) is 2. The highest BCUT2D eigenvalue weighted by molar-refractivity contribution is 6.30. The summed E-state index contributed by atoms with van der Waals surface area (Å²) in [6, 6.07) is 12.5. The molecule has 0 saturated carbocycles. The quantitative estimate of drug-likeness (QED) is 0.401. The Morgan fingerprint density at radius 3 is 2.50 bits per heavy atom. The van der Waals surface area contributed by atoms with Crippen LogP contribution in [0, 0.1) is 0 Å². The Bertz CT molecular complexity index is 1320. The van der Waals surface area contributed by atoms with E-state index in [9.17, 15) is 14.4 Å². The fraction of sp³-hybridized carbons (Fsp3) is 0.357. The van der Waals surface area contributed by atoms with E-state index < -0.39 is 11.7 Å². The minimum atomic E-state index is -0.615. The molecular formula is C28H33ClN4O5. The molecule has 0 fully saturated rings. The summed E-state index contributed by atoms with van der Waals surface area (Å²) in [5.74, 6) is -0.00172. The maximum Gasteiger partial charge on any atom is 0.407 e. The lowest BCUT2D eigenvalue weighted by Gasteiger charge is -2.20. The third-order valence-corrected chi connectivity index (χ3v) is 5.82. The Kier molecular flexibility index (Phi) is 9.90. The number of aryl methyl sites for hydroxylation is 2. The molecule has 0 aliphatic carbocycles. The summed E-state index contributed by atoms with van der Waals surface area (Å²) in [7, 11) is 1.46. The van der Waals surface area contributed by atoms with Crippen molar-refractivity contribution in [1.82, 2.24) is 20.2 Å². The summed E-state index contributed by atoms with van der Waals surface area (Å²) in [4.78, 5) is 42.3. The van der Waals surface area contributed by atoms with Crippen LogP contribution in [0.15, 0.2) is 59.7 Å². The molecule has 0 atom stereocenters. The van der Waals surface area contributed by atoms with E-state index in [1.807, 2.05) is 18.2 Å². The third kappa shape index (κ3) is 8.62. The smallest absolute Gasteiger partial charge is 0.407 e. The number of nitrogens with zero attached hydrogens (tertiary/aromatic N) is 2. The van der Waals surface area contributed by atoms with Gasteiger partial charge < -0.3 is 24.7 Å². The van der Waals surface area contributed by atoms with Crippen molar-refractivity contribution in [2.24, 2.45) is 0 Å². The summed E-state index contributed by atoms with van der Waals surface area (Å²) in [5.41, 5.74) is 1.74. The van der Waals surface area contributed by atoms with Crippen molar-refractivity contribution in [2.75, 3.05) is 7.11 Å². The fourth-order valence-electron chi connectivity index (χ4n) is 3.75. The molecule has 10 heteroatoms. The highest BCUT2D eigenvalue weighted by Gasteiger charge is 2.18. The van der Waals surface area contributed by atoms with Crippen LogP contribution in [0.4, 0.5) is 4.79 Å². The van der Waals surface area contributed by atoms with Crippen LogP contribution in [0.5, 0.6) is 5.75 Å². The van der Waals surface area contributed by atoms with Gasteiger partial charge >= 0.3 is 6.09 Å². The second-order valence-electron chi connectivity index (χ2n) is 9.65. The predicted molar refractivity (Wildman–Crippen MR) is 145 cm³/mol. The molecule has 0 unspecified atom stereocenters. The van der Waals surface area contributed by atoms with E-state index in [0.717, 1.165) is 16.8 Å². The zero-order chi connectivity index (χ0) is 27.7. The van der Waals surface area contributed by atoms with Gasteiger partial charge in [0, 0.05) is 49.2 Å². The number of benzene rings is 1. The molecule has 3 aromatic rings. The molecule has 2 N–H and O–H groups in total. The summed E-state index contributed by atoms with van der Waals surface area (Å²) >= 11 is 6.17. The monoisotopic (exact) mass is 540 g/mol. The van der Waals surface area contributed by atoms with Gasteiger partial charge in [0.2, 0.25) is 5.91 Å². The second kappa shape index (κ2) is 13.1. The van der Waals surface area contributed by atoms with Crippen LogP contribution in [0.2, 0.25) is 5.02 Å². The van der Waals surface area contributed by atoms with Crippen LogP contribution in [-0.2, 0) is 42.0 Å². The first-order chi connectivity index (χ1) is 18.1. The van der Waals surface area contributed by atoms with Gasteiger partial charge in [-0.05, 0) is 62.2 Å². The van der Waals surface area contributed by atoms with Gasteiger partial charge in [0.05, 0.1) is 19.1 Å². The van der Waals surface area contributed by atoms with E-state index >= 15 is 0 Å². The zero-order valence-corrected chi connectivity index (χ0v) is 22.8. The van der Waals surface area contributed by atoms with Gasteiger partial charge in [0.15, 0.2) is 0 Å². The molecule has 1 aromatic carbocycles. The Balaban J connectivity index is 1.66. The van der Waals surface area contributed by atoms with Crippen LogP contribution in [0.3, 0.4) is 0 Å². The summed E-state index contributed by atoms with van der Waals surface area (Å²) in [6.07, 6.45) is 3.24. The molecule has 9 nitrogen and oxygen atoms in total. The van der Waals surface area contributed by atoms with Gasteiger partial charge in [-0.1, -0.05) is 23.7 Å². The lowest BCUT2D eigenvalue weighted by atomic mass is 10.1. The number of carbonyl (C=O) groups excluding carboxylic acids is 2. The number of alkyl carbamates (subject to hydrolysis) is 1. The fourth-order valence-corrected chi connectivity index (χ4v) is 3.94. The summed E-state index contributed by atoms with van der Waals surface area (Å²) in [5, 5.41) is 6.05. The largest absolute Gasteiger partial charge is 0.496 e. The number of hydrogen-bond acceptors (Lipinski definition) is 6. The van der Waals surface area contributed by atoms with Crippen molar-refractivity contribution >= 4 is 23.6 Å². The Morgan fingerprint density at radius 2 is 1.82 bits per heavy atom. The number of pyridine rings is 2. The van der Waals surface area contributed by atoms with E-state index in [0.29, 0.717) is 23.7 Å². The van der Waals surface area contributed by atoms with Crippen LogP contribution in [0.1, 0.15) is 43.2 Å². The first kappa shape index (κ1) is 28.7. The first-order valence-electron chi connectivity index (χ1n) is 12.2. The van der Waals surface area contributed by atoms with E-state index in [2.05, 4.69) is 15.6 Å². The Labute approximate surface area is 227 Å². The summed E-state index contributed by atoms with van der Waals surface area (Å²) in [6.45, 7) is 6.13. The van der Waals surface area contributed by atoms with Crippen molar-refractivity contribution in [3.05, 3.63) is 92.6 Å². The SMILES string of the molecule is COc1ccn(CCc2ccccn2)c(=O)c1CC(=O)NCc1cc(Cl)ccc1CNC(=O)OC(C)(C)C. The van der Waals surface area contributed by atoms with Crippen LogP contribution < -0.4 is 20.9 Å². The predicted octanol–water partition coefficient (Wildman–Crippen LogP) is 4.03. The Hall–Kier alpha value is -3.85. The first-order valence-corrected chi connectivity index (χ1v) is 12.6. The molecule has 2 aromatic heterocycles. The van der Waals surface area contributed by atoms with Gasteiger partial charge in [0.25, 0.3) is 5.56 Å². The zero-order valence-electron chi connectivity index (χ0n) is 22.0. The molecule has 202 valence electrons. The minimum Gasteiger partial charge on any atom is -0.496 e. The van der Waals surface area contributed by atoms with Gasteiger partial charge in [-0.3, -0.25) is 14.6 Å². The number of amides is 2. The molecule has 38 heavy (non-hydrogen) atoms. The number of ether oxygens (including phenoxy) is 2. The molecular weight excluding hydrogens is 508 g/mol. The van der Waals surface area contributed by atoms with Crippen LogP contribution in [-0.4, -0.2) is 34.3 Å². The highest BCUT2D eigenvalue weighted by Crippen LogP contribution is 2.18. The second-order valence-corrected chi connectivity index (χ2v) is 10.1. The van der Waals surface area contributed by atoms with Crippen molar-refractivity contribution in [1.29, 1.82) is 0 Å². The number of rotatable bonds is 10. The molecule has 0 saturated heterocycles. The standard InChI is InChI=1S/C28H33ClN4O5/c1-28(2,3)38-27(36)32-17-19-8-9-21(29)15-20(19)18-31-25(34)16-23-24(37-4)11-14-33(26(23)35)13-10-22-7-5-6-12-30-22/h5-9,11-12,14-15H,10,13,16-18H2,1-4H3,(H,31,34)(H,32,36). The van der Waals surface area contributed by atoms with Crippen molar-refractivity contribution < 1.29 is 19.1 Å². The molecule has 2 amide bonds. The van der Waals surface area contributed by atoms with Gasteiger partial charge in [-0.2, -0.15) is 0 Å². The number of hydrogen-bond donors (Lipinski definition) is 2. The number of halogens is 1. The van der Waals surface area contributed by atoms with E-state index in [4.69, 9.17) is 21.1 Å². The van der Waals surface area contributed by atoms with E-state index in [1.54, 1.807) is 62.0 Å². The maximum absolute atomic E-state index is 13.1. The van der Waals surface area contributed by atoms with Crippen molar-refractivity contribution in [3.8, 4) is 5.75 Å². The van der Waals surface area contributed by atoms with Crippen molar-refractivity contribution in [2.45, 2.75) is 58.8 Å². The molecule has 3 rings (SSSR count). The number of aromatic nitrogens is 2. The Morgan fingerprint density at radius 1 is 1.05 bits per heavy atom. The normalized spacial score (nSPS) is 11.1. The average Bonchev–Trinajstić information content (AvgIpc) is 2.87. The summed E-state index contributed by atoms with van der Waals surface area (Å²) < 4.78 is 12.2. The molecule has 0 aliphatic heterocycles. The van der Waals surface area contributed by atoms with Gasteiger partial charge in [-0.15, -0.1) is 0 Å². The van der Waals surface area contributed by atoms with Crippen LogP contribution >= 0.6 is 11.6 Å². The molecule has 0 bridgehead atoms. The van der Waals surface area contributed by atoms with Crippen molar-refractivity contribution in [3.63, 3.8) is 0 Å².